The molecular formula is C20H21N7O3S. The minimum Gasteiger partial charge on any atom is -0.378 e. The van der Waals surface area contributed by atoms with Crippen LogP contribution in [-0.4, -0.2) is 59.3 Å². The van der Waals surface area contributed by atoms with Crippen LogP contribution in [-0.2, 0) is 21.8 Å². The van der Waals surface area contributed by atoms with Gasteiger partial charge in [0.25, 0.3) is 10.0 Å². The summed E-state index contributed by atoms with van der Waals surface area (Å²) >= 11 is 0. The highest BCUT2D eigenvalue weighted by Gasteiger charge is 2.20. The number of aryl methyl sites for hydroxylation is 1. The predicted octanol–water partition coefficient (Wildman–Crippen LogP) is 1.79. The number of nitrogens with one attached hydrogen (secondary N) is 1. The molecule has 0 saturated carbocycles. The van der Waals surface area contributed by atoms with Gasteiger partial charge in [0.15, 0.2) is 5.82 Å². The lowest BCUT2D eigenvalue weighted by atomic mass is 10.2. The van der Waals surface area contributed by atoms with Gasteiger partial charge in [0.1, 0.15) is 4.90 Å². The highest BCUT2D eigenvalue weighted by Crippen LogP contribution is 2.25. The largest absolute Gasteiger partial charge is 0.378 e. The molecule has 0 bridgehead atoms. The van der Waals surface area contributed by atoms with Crippen molar-refractivity contribution in [1.82, 2.24) is 24.5 Å². The van der Waals surface area contributed by atoms with Crippen molar-refractivity contribution in [3.8, 4) is 5.82 Å². The van der Waals surface area contributed by atoms with Crippen LogP contribution >= 0.6 is 0 Å². The van der Waals surface area contributed by atoms with Crippen molar-refractivity contribution in [2.45, 2.75) is 4.90 Å². The number of morpholine rings is 1. The Morgan fingerprint density at radius 3 is 2.77 bits per heavy atom. The van der Waals surface area contributed by atoms with E-state index >= 15 is 0 Å². The average molecular weight is 440 g/mol. The van der Waals surface area contributed by atoms with E-state index in [0.717, 1.165) is 24.2 Å². The van der Waals surface area contributed by atoms with Gasteiger partial charge in [-0.2, -0.15) is 10.2 Å². The molecule has 1 aliphatic rings. The maximum Gasteiger partial charge on any atom is 0.265 e. The van der Waals surface area contributed by atoms with Gasteiger partial charge in [0, 0.05) is 43.5 Å². The van der Waals surface area contributed by atoms with Gasteiger partial charge in [-0.05, 0) is 12.1 Å². The van der Waals surface area contributed by atoms with E-state index in [4.69, 9.17) is 4.74 Å². The van der Waals surface area contributed by atoms with Gasteiger partial charge in [-0.3, -0.25) is 9.40 Å². The Bertz CT molecular complexity index is 1340. The zero-order valence-corrected chi connectivity index (χ0v) is 17.7. The minimum atomic E-state index is -3.85. The van der Waals surface area contributed by atoms with Crippen LogP contribution in [0, 0.1) is 0 Å². The van der Waals surface area contributed by atoms with Crippen LogP contribution < -0.4 is 9.62 Å². The van der Waals surface area contributed by atoms with Crippen LogP contribution in [0.3, 0.4) is 0 Å². The van der Waals surface area contributed by atoms with Gasteiger partial charge >= 0.3 is 0 Å². The third-order valence-electron chi connectivity index (χ3n) is 5.21. The first-order valence-electron chi connectivity index (χ1n) is 9.79. The highest BCUT2D eigenvalue weighted by molar-refractivity contribution is 7.92. The Morgan fingerprint density at radius 1 is 1.10 bits per heavy atom. The second kappa shape index (κ2) is 7.67. The summed E-state index contributed by atoms with van der Waals surface area (Å²) in [6.07, 6.45) is 6.15. The van der Waals surface area contributed by atoms with E-state index in [1.54, 1.807) is 36.3 Å². The standard InChI is InChI=1S/C20H21N7O3S/c1-25-20-15(12-22-25)3-2-4-18(20)24-31(28,29)17-13-23-27(14-17)19-11-16(5-6-21-19)26-7-9-30-10-8-26/h2-6,11-14,24H,7-10H2,1H3. The molecule has 5 rings (SSSR count). The molecule has 4 heterocycles. The Hall–Kier alpha value is -3.44. The van der Waals surface area contributed by atoms with E-state index in [9.17, 15) is 8.42 Å². The Kier molecular flexibility index (Phi) is 4.83. The summed E-state index contributed by atoms with van der Waals surface area (Å²) in [7, 11) is -2.08. The van der Waals surface area contributed by atoms with E-state index in [1.807, 2.05) is 18.2 Å². The molecule has 0 radical (unpaired) electrons. The van der Waals surface area contributed by atoms with Gasteiger partial charge in [-0.15, -0.1) is 0 Å². The number of ether oxygens (including phenoxy) is 1. The summed E-state index contributed by atoms with van der Waals surface area (Å²) in [6.45, 7) is 2.95. The lowest BCUT2D eigenvalue weighted by Crippen LogP contribution is -2.36. The van der Waals surface area contributed by atoms with Crippen molar-refractivity contribution in [3.05, 3.63) is 55.1 Å². The summed E-state index contributed by atoms with van der Waals surface area (Å²) in [5, 5.41) is 9.27. The van der Waals surface area contributed by atoms with E-state index in [1.165, 1.54) is 17.1 Å². The van der Waals surface area contributed by atoms with Gasteiger partial charge in [0.05, 0.1) is 43.0 Å². The molecule has 0 amide bonds. The van der Waals surface area contributed by atoms with Crippen molar-refractivity contribution in [1.29, 1.82) is 0 Å². The number of para-hydroxylation sites is 1. The number of pyridine rings is 1. The molecule has 1 fully saturated rings. The maximum atomic E-state index is 13.0. The van der Waals surface area contributed by atoms with E-state index in [0.29, 0.717) is 30.2 Å². The molecule has 1 aromatic carbocycles. The Balaban J connectivity index is 1.43. The molecule has 1 N–H and O–H groups in total. The topological polar surface area (TPSA) is 107 Å². The van der Waals surface area contributed by atoms with Gasteiger partial charge in [-0.25, -0.2) is 18.1 Å². The molecule has 0 aliphatic carbocycles. The summed E-state index contributed by atoms with van der Waals surface area (Å²) < 4.78 is 37.1. The maximum absolute atomic E-state index is 13.0. The summed E-state index contributed by atoms with van der Waals surface area (Å²) in [5.41, 5.74) is 2.16. The lowest BCUT2D eigenvalue weighted by molar-refractivity contribution is 0.122. The Morgan fingerprint density at radius 2 is 1.94 bits per heavy atom. The zero-order valence-electron chi connectivity index (χ0n) is 16.8. The van der Waals surface area contributed by atoms with Crippen LogP contribution in [0.15, 0.2) is 60.0 Å². The number of rotatable bonds is 5. The third kappa shape index (κ3) is 3.73. The number of fused-ring (bicyclic) bond motifs is 1. The van der Waals surface area contributed by atoms with Gasteiger partial charge in [-0.1, -0.05) is 12.1 Å². The molecule has 0 atom stereocenters. The number of nitrogens with zero attached hydrogens (tertiary/aromatic N) is 6. The molecule has 1 saturated heterocycles. The fourth-order valence-electron chi connectivity index (χ4n) is 3.64. The molecule has 11 heteroatoms. The number of sulfonamides is 1. The molecule has 4 aromatic rings. The number of hydrogen-bond donors (Lipinski definition) is 1. The van der Waals surface area contributed by atoms with Crippen molar-refractivity contribution >= 4 is 32.3 Å². The molecular weight excluding hydrogens is 418 g/mol. The van der Waals surface area contributed by atoms with Crippen molar-refractivity contribution in [2.24, 2.45) is 7.05 Å². The van der Waals surface area contributed by atoms with Gasteiger partial charge < -0.3 is 9.64 Å². The number of anilines is 2. The molecule has 0 spiro atoms. The lowest BCUT2D eigenvalue weighted by Gasteiger charge is -2.28. The predicted molar refractivity (Wildman–Crippen MR) is 116 cm³/mol. The first-order chi connectivity index (χ1) is 15.0. The molecule has 10 nitrogen and oxygen atoms in total. The molecule has 160 valence electrons. The van der Waals surface area contributed by atoms with Crippen LogP contribution in [0.5, 0.6) is 0 Å². The van der Waals surface area contributed by atoms with Crippen LogP contribution in [0.1, 0.15) is 0 Å². The third-order valence-corrected chi connectivity index (χ3v) is 6.53. The normalized spacial score (nSPS) is 14.8. The number of hydrogen-bond acceptors (Lipinski definition) is 7. The summed E-state index contributed by atoms with van der Waals surface area (Å²) in [6, 6.07) is 9.18. The first-order valence-corrected chi connectivity index (χ1v) is 11.3. The number of aromatic nitrogens is 5. The fraction of sp³-hybridized carbons (Fsp3) is 0.250. The van der Waals surface area contributed by atoms with E-state index in [2.05, 4.69) is 24.8 Å². The zero-order chi connectivity index (χ0) is 21.4. The number of benzene rings is 1. The van der Waals surface area contributed by atoms with Gasteiger partial charge in [0.2, 0.25) is 0 Å². The Labute approximate surface area is 179 Å². The summed E-state index contributed by atoms with van der Waals surface area (Å²) in [4.78, 5) is 6.59. The second-order valence-electron chi connectivity index (χ2n) is 7.21. The van der Waals surface area contributed by atoms with Crippen LogP contribution in [0.4, 0.5) is 11.4 Å². The van der Waals surface area contributed by atoms with E-state index in [-0.39, 0.29) is 4.90 Å². The quantitative estimate of drug-likeness (QED) is 0.505. The highest BCUT2D eigenvalue weighted by atomic mass is 32.2. The smallest absolute Gasteiger partial charge is 0.265 e. The molecule has 31 heavy (non-hydrogen) atoms. The SMILES string of the molecule is Cn1ncc2cccc(NS(=O)(=O)c3cnn(-c4cc(N5CCOCC5)ccn4)c3)c21. The minimum absolute atomic E-state index is 0.0465. The molecule has 1 aliphatic heterocycles. The summed E-state index contributed by atoms with van der Waals surface area (Å²) in [5.74, 6) is 0.541. The van der Waals surface area contributed by atoms with Crippen molar-refractivity contribution < 1.29 is 13.2 Å². The average Bonchev–Trinajstić information content (AvgIpc) is 3.43. The monoisotopic (exact) mass is 439 g/mol. The molecule has 0 unspecified atom stereocenters. The van der Waals surface area contributed by atoms with Crippen LogP contribution in [0.25, 0.3) is 16.7 Å². The van der Waals surface area contributed by atoms with Crippen molar-refractivity contribution in [2.75, 3.05) is 35.9 Å². The van der Waals surface area contributed by atoms with E-state index < -0.39 is 10.0 Å². The fourth-order valence-corrected chi connectivity index (χ4v) is 4.64. The van der Waals surface area contributed by atoms with Crippen molar-refractivity contribution in [3.63, 3.8) is 0 Å². The second-order valence-corrected chi connectivity index (χ2v) is 8.89. The molecule has 3 aromatic heterocycles. The van der Waals surface area contributed by atoms with Crippen LogP contribution in [0.2, 0.25) is 0 Å². The first kappa shape index (κ1) is 19.5.